The summed E-state index contributed by atoms with van der Waals surface area (Å²) in [5.41, 5.74) is 0. The molecule has 2 heterocycles. The molecule has 1 saturated heterocycles. The first kappa shape index (κ1) is 14.1. The Balaban J connectivity index is 2.15. The van der Waals surface area contributed by atoms with Crippen molar-refractivity contribution in [2.75, 3.05) is 24.5 Å². The minimum atomic E-state index is 0.123. The van der Waals surface area contributed by atoms with Crippen LogP contribution in [0.3, 0.4) is 0 Å². The van der Waals surface area contributed by atoms with Gasteiger partial charge in [-0.25, -0.2) is 0 Å². The minimum Gasteiger partial charge on any atom is -0.474 e. The monoisotopic (exact) mass is 264 g/mol. The number of hydrogen-bond acceptors (Lipinski definition) is 5. The summed E-state index contributed by atoms with van der Waals surface area (Å²) in [5, 5.41) is 3.41. The van der Waals surface area contributed by atoms with E-state index in [2.05, 4.69) is 27.1 Å². The molecule has 106 valence electrons. The smallest absolute Gasteiger partial charge is 0.234 e. The summed E-state index contributed by atoms with van der Waals surface area (Å²) >= 11 is 0. The molecular weight excluding hydrogens is 240 g/mol. The highest BCUT2D eigenvalue weighted by molar-refractivity contribution is 5.39. The summed E-state index contributed by atoms with van der Waals surface area (Å²) in [5.74, 6) is 1.54. The van der Waals surface area contributed by atoms with Crippen LogP contribution in [0.15, 0.2) is 12.4 Å². The first-order chi connectivity index (χ1) is 9.20. The van der Waals surface area contributed by atoms with Crippen LogP contribution in [0.5, 0.6) is 5.88 Å². The fourth-order valence-corrected chi connectivity index (χ4v) is 2.41. The molecule has 5 heteroatoms. The highest BCUT2D eigenvalue weighted by Gasteiger charge is 2.23. The van der Waals surface area contributed by atoms with E-state index in [9.17, 15) is 0 Å². The Kier molecular flexibility index (Phi) is 4.96. The maximum atomic E-state index is 5.63. The van der Waals surface area contributed by atoms with E-state index in [1.807, 2.05) is 20.0 Å². The minimum absolute atomic E-state index is 0.123. The van der Waals surface area contributed by atoms with E-state index in [0.29, 0.717) is 11.9 Å². The summed E-state index contributed by atoms with van der Waals surface area (Å²) in [4.78, 5) is 11.2. The van der Waals surface area contributed by atoms with Crippen LogP contribution in [0.25, 0.3) is 0 Å². The summed E-state index contributed by atoms with van der Waals surface area (Å²) in [6.45, 7) is 9.30. The number of hydrogen-bond donors (Lipinski definition) is 1. The summed E-state index contributed by atoms with van der Waals surface area (Å²) in [7, 11) is 0. The van der Waals surface area contributed by atoms with Gasteiger partial charge in [0, 0.05) is 19.1 Å². The second kappa shape index (κ2) is 6.70. The zero-order valence-corrected chi connectivity index (χ0v) is 12.1. The molecule has 1 aromatic heterocycles. The molecule has 1 aliphatic heterocycles. The van der Waals surface area contributed by atoms with Crippen LogP contribution in [0.2, 0.25) is 0 Å². The lowest BCUT2D eigenvalue weighted by molar-refractivity contribution is 0.231. The molecule has 0 bridgehead atoms. The van der Waals surface area contributed by atoms with Crippen LogP contribution in [-0.4, -0.2) is 41.7 Å². The normalized spacial score (nSPS) is 18.8. The first-order valence-electron chi connectivity index (χ1n) is 7.16. The van der Waals surface area contributed by atoms with E-state index in [1.54, 1.807) is 6.20 Å². The van der Waals surface area contributed by atoms with E-state index < -0.39 is 0 Å². The number of ether oxygens (including phenoxy) is 1. The second-order valence-corrected chi connectivity index (χ2v) is 5.22. The largest absolute Gasteiger partial charge is 0.474 e. The zero-order chi connectivity index (χ0) is 13.7. The standard InChI is InChI=1S/C14H24N4O/c1-4-7-18(12-5-6-15-8-12)13-9-16-10-14(17-13)19-11(2)3/h9-12,15H,4-8H2,1-3H3. The topological polar surface area (TPSA) is 50.3 Å². The van der Waals surface area contributed by atoms with Gasteiger partial charge in [-0.05, 0) is 33.2 Å². The fourth-order valence-electron chi connectivity index (χ4n) is 2.41. The van der Waals surface area contributed by atoms with Crippen molar-refractivity contribution in [1.29, 1.82) is 0 Å². The van der Waals surface area contributed by atoms with Crippen molar-refractivity contribution in [3.63, 3.8) is 0 Å². The fraction of sp³-hybridized carbons (Fsp3) is 0.714. The van der Waals surface area contributed by atoms with Gasteiger partial charge in [0.2, 0.25) is 5.88 Å². The Hall–Kier alpha value is -1.36. The molecule has 1 fully saturated rings. The lowest BCUT2D eigenvalue weighted by Crippen LogP contribution is -2.38. The van der Waals surface area contributed by atoms with Crippen LogP contribution < -0.4 is 15.0 Å². The Bertz CT molecular complexity index is 391. The van der Waals surface area contributed by atoms with Crippen molar-refractivity contribution < 1.29 is 4.74 Å². The summed E-state index contributed by atoms with van der Waals surface area (Å²) in [6.07, 6.45) is 5.91. The van der Waals surface area contributed by atoms with Crippen LogP contribution in [0.4, 0.5) is 5.82 Å². The van der Waals surface area contributed by atoms with Crippen molar-refractivity contribution in [2.24, 2.45) is 0 Å². The van der Waals surface area contributed by atoms with Crippen molar-refractivity contribution >= 4 is 5.82 Å². The highest BCUT2D eigenvalue weighted by atomic mass is 16.5. The van der Waals surface area contributed by atoms with Crippen LogP contribution in [0.1, 0.15) is 33.6 Å². The molecule has 0 spiro atoms. The predicted molar refractivity (Wildman–Crippen MR) is 76.7 cm³/mol. The quantitative estimate of drug-likeness (QED) is 0.849. The number of anilines is 1. The van der Waals surface area contributed by atoms with E-state index in [0.717, 1.165) is 38.3 Å². The number of rotatable bonds is 6. The van der Waals surface area contributed by atoms with Gasteiger partial charge < -0.3 is 15.0 Å². The van der Waals surface area contributed by atoms with Crippen molar-refractivity contribution in [3.8, 4) is 5.88 Å². The molecule has 0 amide bonds. The van der Waals surface area contributed by atoms with Crippen molar-refractivity contribution in [2.45, 2.75) is 45.8 Å². The average molecular weight is 264 g/mol. The molecule has 0 aliphatic carbocycles. The van der Waals surface area contributed by atoms with E-state index >= 15 is 0 Å². The van der Waals surface area contributed by atoms with Gasteiger partial charge in [0.15, 0.2) is 5.82 Å². The maximum absolute atomic E-state index is 5.63. The second-order valence-electron chi connectivity index (χ2n) is 5.22. The number of nitrogens with zero attached hydrogens (tertiary/aromatic N) is 3. The SMILES string of the molecule is CCCN(c1cncc(OC(C)C)n1)C1CCNC1. The van der Waals surface area contributed by atoms with Gasteiger partial charge in [0.1, 0.15) is 0 Å². The van der Waals surface area contributed by atoms with E-state index in [1.165, 1.54) is 0 Å². The summed E-state index contributed by atoms with van der Waals surface area (Å²) < 4.78 is 5.63. The lowest BCUT2D eigenvalue weighted by atomic mass is 10.2. The third-order valence-electron chi connectivity index (χ3n) is 3.19. The molecule has 19 heavy (non-hydrogen) atoms. The van der Waals surface area contributed by atoms with E-state index in [-0.39, 0.29) is 6.10 Å². The molecule has 0 aromatic carbocycles. The van der Waals surface area contributed by atoms with Gasteiger partial charge >= 0.3 is 0 Å². The van der Waals surface area contributed by atoms with Gasteiger partial charge in [-0.3, -0.25) is 4.98 Å². The molecule has 0 saturated carbocycles. The van der Waals surface area contributed by atoms with Gasteiger partial charge in [0.25, 0.3) is 0 Å². The Morgan fingerprint density at radius 1 is 1.47 bits per heavy atom. The Morgan fingerprint density at radius 3 is 2.95 bits per heavy atom. The molecule has 1 unspecified atom stereocenters. The van der Waals surface area contributed by atoms with Crippen LogP contribution in [-0.2, 0) is 0 Å². The lowest BCUT2D eigenvalue weighted by Gasteiger charge is -2.29. The summed E-state index contributed by atoms with van der Waals surface area (Å²) in [6, 6.07) is 0.517. The highest BCUT2D eigenvalue weighted by Crippen LogP contribution is 2.20. The zero-order valence-electron chi connectivity index (χ0n) is 12.1. The molecule has 1 aliphatic rings. The Morgan fingerprint density at radius 2 is 2.32 bits per heavy atom. The van der Waals surface area contributed by atoms with E-state index in [4.69, 9.17) is 4.74 Å². The van der Waals surface area contributed by atoms with Crippen molar-refractivity contribution in [3.05, 3.63) is 12.4 Å². The molecule has 1 aromatic rings. The van der Waals surface area contributed by atoms with Gasteiger partial charge in [-0.1, -0.05) is 6.92 Å². The maximum Gasteiger partial charge on any atom is 0.234 e. The number of nitrogens with one attached hydrogen (secondary N) is 1. The molecular formula is C14H24N4O. The molecule has 1 atom stereocenters. The number of aromatic nitrogens is 2. The average Bonchev–Trinajstić information content (AvgIpc) is 2.89. The van der Waals surface area contributed by atoms with Gasteiger partial charge in [-0.15, -0.1) is 0 Å². The Labute approximate surface area is 115 Å². The first-order valence-corrected chi connectivity index (χ1v) is 7.16. The van der Waals surface area contributed by atoms with Crippen LogP contribution >= 0.6 is 0 Å². The third kappa shape index (κ3) is 3.80. The van der Waals surface area contributed by atoms with Gasteiger partial charge in [-0.2, -0.15) is 4.98 Å². The molecule has 0 radical (unpaired) electrons. The van der Waals surface area contributed by atoms with Crippen LogP contribution in [0, 0.1) is 0 Å². The molecule has 2 rings (SSSR count). The molecule has 1 N–H and O–H groups in total. The third-order valence-corrected chi connectivity index (χ3v) is 3.19. The molecule has 5 nitrogen and oxygen atoms in total. The van der Waals surface area contributed by atoms with Crippen molar-refractivity contribution in [1.82, 2.24) is 15.3 Å². The predicted octanol–water partition coefficient (Wildman–Crippen LogP) is 1.84. The van der Waals surface area contributed by atoms with Gasteiger partial charge in [0.05, 0.1) is 18.5 Å².